The molecular weight excluding hydrogens is 202 g/mol. The second-order valence-corrected chi connectivity index (χ2v) is 4.63. The van der Waals surface area contributed by atoms with E-state index < -0.39 is 0 Å². The van der Waals surface area contributed by atoms with Gasteiger partial charge in [0.25, 0.3) is 0 Å². The standard InChI is InChI=1S/C13H23NO2/c1-7-8-9-12(10(2)15)14-11(3)16-13(4,5)6/h7-8,12,14-15H,2-3,9H2,1,4-6H3/b8-7-. The SMILES string of the molecule is C=C(NC(C/C=C\C)C(=C)O)OC(C)(C)C. The van der Waals surface area contributed by atoms with Crippen LogP contribution in [-0.4, -0.2) is 16.7 Å². The highest BCUT2D eigenvalue weighted by Crippen LogP contribution is 2.12. The van der Waals surface area contributed by atoms with Gasteiger partial charge in [0.05, 0.1) is 6.04 Å². The van der Waals surface area contributed by atoms with Crippen molar-refractivity contribution < 1.29 is 9.84 Å². The van der Waals surface area contributed by atoms with E-state index in [1.165, 1.54) is 0 Å². The lowest BCUT2D eigenvalue weighted by atomic mass is 10.1. The smallest absolute Gasteiger partial charge is 0.180 e. The van der Waals surface area contributed by atoms with Crippen molar-refractivity contribution in [2.45, 2.75) is 45.8 Å². The molecule has 3 heteroatoms. The fraction of sp³-hybridized carbons (Fsp3) is 0.538. The Labute approximate surface area is 98.5 Å². The van der Waals surface area contributed by atoms with Crippen molar-refractivity contribution in [3.05, 3.63) is 37.0 Å². The average Bonchev–Trinajstić information content (AvgIpc) is 2.08. The maximum absolute atomic E-state index is 9.40. The number of aliphatic hydroxyl groups is 1. The Morgan fingerprint density at radius 1 is 1.44 bits per heavy atom. The minimum absolute atomic E-state index is 0.0803. The zero-order chi connectivity index (χ0) is 12.8. The molecule has 1 unspecified atom stereocenters. The molecule has 92 valence electrons. The normalized spacial score (nSPS) is 13.5. The van der Waals surface area contributed by atoms with Crippen LogP contribution in [0, 0.1) is 0 Å². The molecule has 0 bridgehead atoms. The topological polar surface area (TPSA) is 41.5 Å². The Morgan fingerprint density at radius 3 is 2.38 bits per heavy atom. The van der Waals surface area contributed by atoms with Crippen LogP contribution < -0.4 is 5.32 Å². The maximum atomic E-state index is 9.40. The monoisotopic (exact) mass is 225 g/mol. The van der Waals surface area contributed by atoms with E-state index in [4.69, 9.17) is 4.74 Å². The van der Waals surface area contributed by atoms with Gasteiger partial charge in [0.1, 0.15) is 11.4 Å². The van der Waals surface area contributed by atoms with Gasteiger partial charge in [-0.25, -0.2) is 0 Å². The number of allylic oxidation sites excluding steroid dienone is 1. The third-order valence-corrected chi connectivity index (χ3v) is 1.77. The lowest BCUT2D eigenvalue weighted by Crippen LogP contribution is -2.33. The number of nitrogens with one attached hydrogen (secondary N) is 1. The van der Waals surface area contributed by atoms with Crippen LogP contribution in [0.2, 0.25) is 0 Å². The first-order valence-corrected chi connectivity index (χ1v) is 5.39. The van der Waals surface area contributed by atoms with E-state index in [-0.39, 0.29) is 17.4 Å². The van der Waals surface area contributed by atoms with Gasteiger partial charge in [-0.2, -0.15) is 0 Å². The van der Waals surface area contributed by atoms with E-state index in [9.17, 15) is 5.11 Å². The van der Waals surface area contributed by atoms with Crippen molar-refractivity contribution in [3.8, 4) is 0 Å². The summed E-state index contributed by atoms with van der Waals surface area (Å²) in [4.78, 5) is 0. The van der Waals surface area contributed by atoms with Gasteiger partial charge in [-0.1, -0.05) is 18.7 Å². The second kappa shape index (κ2) is 6.26. The van der Waals surface area contributed by atoms with E-state index in [1.54, 1.807) is 0 Å². The fourth-order valence-corrected chi connectivity index (χ4v) is 1.14. The molecule has 16 heavy (non-hydrogen) atoms. The molecule has 0 amide bonds. The van der Waals surface area contributed by atoms with Gasteiger partial charge in [0, 0.05) is 0 Å². The van der Waals surface area contributed by atoms with E-state index >= 15 is 0 Å². The molecular formula is C13H23NO2. The molecule has 0 spiro atoms. The van der Waals surface area contributed by atoms with Crippen LogP contribution >= 0.6 is 0 Å². The van der Waals surface area contributed by atoms with Gasteiger partial charge in [0.2, 0.25) is 0 Å². The zero-order valence-electron chi connectivity index (χ0n) is 10.7. The molecule has 0 aliphatic carbocycles. The minimum Gasteiger partial charge on any atom is -0.511 e. The number of hydrogen-bond donors (Lipinski definition) is 2. The highest BCUT2D eigenvalue weighted by Gasteiger charge is 2.16. The lowest BCUT2D eigenvalue weighted by Gasteiger charge is -2.26. The van der Waals surface area contributed by atoms with Crippen LogP contribution in [0.3, 0.4) is 0 Å². The molecule has 0 saturated carbocycles. The van der Waals surface area contributed by atoms with Gasteiger partial charge in [-0.05, 0) is 40.7 Å². The van der Waals surface area contributed by atoms with Crippen molar-refractivity contribution in [1.82, 2.24) is 5.32 Å². The summed E-state index contributed by atoms with van der Waals surface area (Å²) in [5, 5.41) is 12.4. The number of aliphatic hydroxyl groups excluding tert-OH is 1. The van der Waals surface area contributed by atoms with Crippen LogP contribution in [0.4, 0.5) is 0 Å². The molecule has 0 aromatic rings. The van der Waals surface area contributed by atoms with Gasteiger partial charge in [-0.15, -0.1) is 0 Å². The highest BCUT2D eigenvalue weighted by atomic mass is 16.5. The second-order valence-electron chi connectivity index (χ2n) is 4.63. The summed E-state index contributed by atoms with van der Waals surface area (Å²) >= 11 is 0. The zero-order valence-corrected chi connectivity index (χ0v) is 10.7. The van der Waals surface area contributed by atoms with E-state index in [2.05, 4.69) is 18.5 Å². The number of ether oxygens (including phenoxy) is 1. The van der Waals surface area contributed by atoms with Crippen molar-refractivity contribution >= 4 is 0 Å². The summed E-state index contributed by atoms with van der Waals surface area (Å²) in [6.45, 7) is 15.0. The molecule has 2 N–H and O–H groups in total. The number of rotatable bonds is 6. The average molecular weight is 225 g/mol. The van der Waals surface area contributed by atoms with E-state index in [0.29, 0.717) is 12.3 Å². The summed E-state index contributed by atoms with van der Waals surface area (Å²) in [5.41, 5.74) is -0.300. The fourth-order valence-electron chi connectivity index (χ4n) is 1.14. The van der Waals surface area contributed by atoms with Crippen molar-refractivity contribution in [2.75, 3.05) is 0 Å². The van der Waals surface area contributed by atoms with Crippen LogP contribution in [0.5, 0.6) is 0 Å². The molecule has 0 fully saturated rings. The van der Waals surface area contributed by atoms with Gasteiger partial charge < -0.3 is 15.2 Å². The first kappa shape index (κ1) is 14.6. The molecule has 0 rings (SSSR count). The minimum atomic E-state index is -0.300. The van der Waals surface area contributed by atoms with Crippen LogP contribution in [0.1, 0.15) is 34.1 Å². The van der Waals surface area contributed by atoms with Crippen LogP contribution in [-0.2, 0) is 4.74 Å². The highest BCUT2D eigenvalue weighted by molar-refractivity contribution is 5.03. The summed E-state index contributed by atoms with van der Waals surface area (Å²) in [6, 6.07) is -0.258. The van der Waals surface area contributed by atoms with Crippen molar-refractivity contribution in [3.63, 3.8) is 0 Å². The predicted octanol–water partition coefficient (Wildman–Crippen LogP) is 3.27. The van der Waals surface area contributed by atoms with Gasteiger partial charge >= 0.3 is 0 Å². The molecule has 1 atom stereocenters. The Hall–Kier alpha value is -1.38. The van der Waals surface area contributed by atoms with Crippen LogP contribution in [0.15, 0.2) is 37.0 Å². The Kier molecular flexibility index (Phi) is 5.72. The van der Waals surface area contributed by atoms with Gasteiger partial charge in [0.15, 0.2) is 5.88 Å². The summed E-state index contributed by atoms with van der Waals surface area (Å²) < 4.78 is 5.52. The molecule has 0 aliphatic rings. The molecule has 0 radical (unpaired) electrons. The molecule has 0 aromatic heterocycles. The van der Waals surface area contributed by atoms with Crippen LogP contribution in [0.25, 0.3) is 0 Å². The third-order valence-electron chi connectivity index (χ3n) is 1.77. The number of hydrogen-bond acceptors (Lipinski definition) is 3. The summed E-state index contributed by atoms with van der Waals surface area (Å²) in [6.07, 6.45) is 4.52. The van der Waals surface area contributed by atoms with Crippen molar-refractivity contribution in [1.29, 1.82) is 0 Å². The Morgan fingerprint density at radius 2 is 2.00 bits per heavy atom. The summed E-state index contributed by atoms with van der Waals surface area (Å²) in [5.74, 6) is 0.522. The molecule has 0 aromatic carbocycles. The Bertz CT molecular complexity index is 274. The largest absolute Gasteiger partial charge is 0.511 e. The first-order chi connectivity index (χ1) is 7.26. The molecule has 3 nitrogen and oxygen atoms in total. The molecule has 0 heterocycles. The molecule has 0 aliphatic heterocycles. The maximum Gasteiger partial charge on any atom is 0.180 e. The van der Waals surface area contributed by atoms with Crippen molar-refractivity contribution in [2.24, 2.45) is 0 Å². The van der Waals surface area contributed by atoms with E-state index in [1.807, 2.05) is 39.8 Å². The first-order valence-electron chi connectivity index (χ1n) is 5.39. The Balaban J connectivity index is 4.29. The quantitative estimate of drug-likeness (QED) is 0.538. The van der Waals surface area contributed by atoms with E-state index in [0.717, 1.165) is 0 Å². The predicted molar refractivity (Wildman–Crippen MR) is 68.1 cm³/mol. The van der Waals surface area contributed by atoms with Gasteiger partial charge in [-0.3, -0.25) is 0 Å². The summed E-state index contributed by atoms with van der Waals surface area (Å²) in [7, 11) is 0. The molecule has 0 saturated heterocycles. The lowest BCUT2D eigenvalue weighted by molar-refractivity contribution is 0.0382. The third kappa shape index (κ3) is 6.98.